The van der Waals surface area contributed by atoms with Crippen molar-refractivity contribution >= 4 is 11.3 Å². The Morgan fingerprint density at radius 2 is 2.10 bits per heavy atom. The summed E-state index contributed by atoms with van der Waals surface area (Å²) in [6.45, 7) is 4.28. The molecule has 0 radical (unpaired) electrons. The van der Waals surface area contributed by atoms with Gasteiger partial charge in [-0.1, -0.05) is 19.9 Å². The summed E-state index contributed by atoms with van der Waals surface area (Å²) >= 11 is 1.77. The molecule has 1 aliphatic carbocycles. The average Bonchev–Trinajstić information content (AvgIpc) is 2.90. The number of rotatable bonds is 3. The fourth-order valence-electron chi connectivity index (χ4n) is 2.55. The van der Waals surface area contributed by atoms with Crippen LogP contribution in [0.15, 0.2) is 18.2 Å². The molecule has 0 saturated heterocycles. The second-order valence-corrected chi connectivity index (χ2v) is 6.73. The molecule has 2 N–H and O–H groups in total. The first-order valence-corrected chi connectivity index (χ1v) is 7.84. The molecule has 106 valence electrons. The number of aryl methyl sites for hydroxylation is 2. The third-order valence-corrected chi connectivity index (χ3v) is 5.13. The molecule has 3 rings (SSSR count). The van der Waals surface area contributed by atoms with Gasteiger partial charge in [-0.15, -0.1) is 11.3 Å². The van der Waals surface area contributed by atoms with Gasteiger partial charge in [0.25, 0.3) is 0 Å². The van der Waals surface area contributed by atoms with Crippen molar-refractivity contribution in [2.24, 2.45) is 11.7 Å². The van der Waals surface area contributed by atoms with Crippen molar-refractivity contribution in [2.75, 3.05) is 7.11 Å². The number of hydrogen-bond donors (Lipinski definition) is 1. The standard InChI is InChI=1S/C16H20N2OS/c1-9(2)14(17)16-18-15-12-8-11(19-3)6-4-10(12)5-7-13(15)20-16/h4,6,8-9,14H,5,7,17H2,1-3H3. The van der Waals surface area contributed by atoms with Crippen molar-refractivity contribution in [1.29, 1.82) is 0 Å². The fraction of sp³-hybridized carbons (Fsp3) is 0.438. The van der Waals surface area contributed by atoms with Gasteiger partial charge in [0.1, 0.15) is 10.8 Å². The van der Waals surface area contributed by atoms with E-state index in [1.807, 2.05) is 6.07 Å². The molecule has 2 aromatic rings. The van der Waals surface area contributed by atoms with Gasteiger partial charge < -0.3 is 10.5 Å². The highest BCUT2D eigenvalue weighted by molar-refractivity contribution is 7.12. The summed E-state index contributed by atoms with van der Waals surface area (Å²) < 4.78 is 5.34. The molecule has 20 heavy (non-hydrogen) atoms. The van der Waals surface area contributed by atoms with Crippen LogP contribution < -0.4 is 10.5 Å². The number of fused-ring (bicyclic) bond motifs is 3. The quantitative estimate of drug-likeness (QED) is 0.939. The van der Waals surface area contributed by atoms with E-state index in [0.29, 0.717) is 5.92 Å². The van der Waals surface area contributed by atoms with Crippen LogP contribution in [-0.2, 0) is 12.8 Å². The molecule has 1 atom stereocenters. The Morgan fingerprint density at radius 1 is 1.30 bits per heavy atom. The van der Waals surface area contributed by atoms with Crippen LogP contribution in [0.25, 0.3) is 11.3 Å². The first-order chi connectivity index (χ1) is 9.60. The molecule has 1 heterocycles. The number of benzene rings is 1. The van der Waals surface area contributed by atoms with Crippen LogP contribution in [0.4, 0.5) is 0 Å². The molecule has 0 amide bonds. The summed E-state index contributed by atoms with van der Waals surface area (Å²) in [6.07, 6.45) is 2.14. The van der Waals surface area contributed by atoms with E-state index in [9.17, 15) is 0 Å². The minimum atomic E-state index is 0.0275. The van der Waals surface area contributed by atoms with E-state index in [1.165, 1.54) is 16.0 Å². The monoisotopic (exact) mass is 288 g/mol. The maximum Gasteiger partial charge on any atom is 0.119 e. The van der Waals surface area contributed by atoms with Crippen LogP contribution in [0.3, 0.4) is 0 Å². The molecule has 3 nitrogen and oxygen atoms in total. The highest BCUT2D eigenvalue weighted by Gasteiger charge is 2.24. The molecule has 0 saturated carbocycles. The van der Waals surface area contributed by atoms with Crippen LogP contribution in [0.2, 0.25) is 0 Å². The van der Waals surface area contributed by atoms with Crippen molar-refractivity contribution in [2.45, 2.75) is 32.7 Å². The lowest BCUT2D eigenvalue weighted by atomic mass is 9.93. The summed E-state index contributed by atoms with van der Waals surface area (Å²) in [5.74, 6) is 1.30. The molecular weight excluding hydrogens is 268 g/mol. The maximum absolute atomic E-state index is 6.25. The van der Waals surface area contributed by atoms with Gasteiger partial charge in [0.15, 0.2) is 0 Å². The molecule has 0 bridgehead atoms. The van der Waals surface area contributed by atoms with Crippen molar-refractivity contribution < 1.29 is 4.74 Å². The first kappa shape index (κ1) is 13.6. The lowest BCUT2D eigenvalue weighted by molar-refractivity contribution is 0.415. The summed E-state index contributed by atoms with van der Waals surface area (Å²) in [6, 6.07) is 6.30. The minimum absolute atomic E-state index is 0.0275. The Balaban J connectivity index is 2.07. The van der Waals surface area contributed by atoms with Gasteiger partial charge in [-0.25, -0.2) is 4.98 Å². The van der Waals surface area contributed by atoms with Crippen LogP contribution >= 0.6 is 11.3 Å². The predicted octanol–water partition coefficient (Wildman–Crippen LogP) is 3.57. The Morgan fingerprint density at radius 3 is 2.80 bits per heavy atom. The van der Waals surface area contributed by atoms with E-state index in [4.69, 9.17) is 15.5 Å². The topological polar surface area (TPSA) is 48.1 Å². The normalized spacial score (nSPS) is 14.8. The van der Waals surface area contributed by atoms with Crippen LogP contribution in [-0.4, -0.2) is 12.1 Å². The molecule has 1 aromatic heterocycles. The zero-order valence-corrected chi connectivity index (χ0v) is 13.0. The predicted molar refractivity (Wildman–Crippen MR) is 83.3 cm³/mol. The summed E-state index contributed by atoms with van der Waals surface area (Å²) in [4.78, 5) is 6.18. The number of hydrogen-bond acceptors (Lipinski definition) is 4. The van der Waals surface area contributed by atoms with Crippen LogP contribution in [0.1, 0.15) is 35.3 Å². The van der Waals surface area contributed by atoms with Crippen molar-refractivity contribution in [3.8, 4) is 17.0 Å². The maximum atomic E-state index is 6.25. The zero-order chi connectivity index (χ0) is 14.3. The van der Waals surface area contributed by atoms with Crippen molar-refractivity contribution in [3.05, 3.63) is 33.6 Å². The third-order valence-electron chi connectivity index (χ3n) is 3.91. The summed E-state index contributed by atoms with van der Waals surface area (Å²) in [7, 11) is 1.70. The molecular formula is C16H20N2OS. The van der Waals surface area contributed by atoms with Gasteiger partial charge in [-0.3, -0.25) is 0 Å². The van der Waals surface area contributed by atoms with Crippen LogP contribution in [0, 0.1) is 5.92 Å². The van der Waals surface area contributed by atoms with E-state index in [0.717, 1.165) is 29.3 Å². The van der Waals surface area contributed by atoms with Gasteiger partial charge >= 0.3 is 0 Å². The molecule has 0 spiro atoms. The van der Waals surface area contributed by atoms with Gasteiger partial charge in [0, 0.05) is 10.4 Å². The Kier molecular flexibility index (Phi) is 3.52. The number of methoxy groups -OCH3 is 1. The number of thiazole rings is 1. The van der Waals surface area contributed by atoms with Crippen LogP contribution in [0.5, 0.6) is 5.75 Å². The number of ether oxygens (including phenoxy) is 1. The van der Waals surface area contributed by atoms with Gasteiger partial charge in [0.05, 0.1) is 18.8 Å². The molecule has 1 aliphatic rings. The third kappa shape index (κ3) is 2.23. The molecule has 0 aliphatic heterocycles. The largest absolute Gasteiger partial charge is 0.497 e. The lowest BCUT2D eigenvalue weighted by Gasteiger charge is -2.15. The van der Waals surface area contributed by atoms with Gasteiger partial charge in [-0.2, -0.15) is 0 Å². The minimum Gasteiger partial charge on any atom is -0.497 e. The van der Waals surface area contributed by atoms with Gasteiger partial charge in [0.2, 0.25) is 0 Å². The average molecular weight is 288 g/mol. The smallest absolute Gasteiger partial charge is 0.119 e. The summed E-state index contributed by atoms with van der Waals surface area (Å²) in [5.41, 5.74) is 9.93. The van der Waals surface area contributed by atoms with E-state index in [-0.39, 0.29) is 6.04 Å². The van der Waals surface area contributed by atoms with E-state index in [2.05, 4.69) is 26.0 Å². The summed E-state index contributed by atoms with van der Waals surface area (Å²) in [5, 5.41) is 1.06. The highest BCUT2D eigenvalue weighted by atomic mass is 32.1. The number of aromatic nitrogens is 1. The van der Waals surface area contributed by atoms with E-state index in [1.54, 1.807) is 18.4 Å². The lowest BCUT2D eigenvalue weighted by Crippen LogP contribution is -2.16. The van der Waals surface area contributed by atoms with E-state index < -0.39 is 0 Å². The second-order valence-electron chi connectivity index (χ2n) is 5.62. The highest BCUT2D eigenvalue weighted by Crippen LogP contribution is 2.39. The molecule has 1 unspecified atom stereocenters. The van der Waals surface area contributed by atoms with E-state index >= 15 is 0 Å². The second kappa shape index (κ2) is 5.19. The Bertz CT molecular complexity index is 633. The SMILES string of the molecule is COc1ccc2c(c1)-c1nc(C(N)C(C)C)sc1CC2. The Hall–Kier alpha value is -1.39. The zero-order valence-electron chi connectivity index (χ0n) is 12.1. The Labute approximate surface area is 123 Å². The molecule has 1 aromatic carbocycles. The van der Waals surface area contributed by atoms with Crippen molar-refractivity contribution in [3.63, 3.8) is 0 Å². The number of nitrogens with two attached hydrogens (primary N) is 1. The fourth-order valence-corrected chi connectivity index (χ4v) is 3.80. The number of nitrogens with zero attached hydrogens (tertiary/aromatic N) is 1. The molecule has 0 fully saturated rings. The first-order valence-electron chi connectivity index (χ1n) is 7.02. The molecule has 4 heteroatoms. The van der Waals surface area contributed by atoms with Crippen molar-refractivity contribution in [1.82, 2.24) is 4.98 Å². The van der Waals surface area contributed by atoms with Gasteiger partial charge in [-0.05, 0) is 36.5 Å².